The Morgan fingerprint density at radius 2 is 2.33 bits per heavy atom. The lowest BCUT2D eigenvalue weighted by Crippen LogP contribution is -2.55. The molecule has 2 aromatic rings. The molecule has 0 N–H and O–H groups in total. The Labute approximate surface area is 113 Å². The largest absolute Gasteiger partial charge is 0.463 e. The van der Waals surface area contributed by atoms with Crippen LogP contribution in [0.5, 0.6) is 5.19 Å². The number of hydrogen-bond donors (Lipinski definition) is 0. The van der Waals surface area contributed by atoms with Gasteiger partial charge in [-0.2, -0.15) is 0 Å². The molecule has 94 valence electrons. The van der Waals surface area contributed by atoms with Gasteiger partial charge in [-0.15, -0.1) is 0 Å². The third-order valence-electron chi connectivity index (χ3n) is 2.91. The Morgan fingerprint density at radius 1 is 1.56 bits per heavy atom. The second kappa shape index (κ2) is 4.40. The van der Waals surface area contributed by atoms with Crippen molar-refractivity contribution in [1.82, 2.24) is 9.88 Å². The number of likely N-dealkylation sites (tertiary alicyclic amines) is 1. The first-order valence-electron chi connectivity index (χ1n) is 5.60. The van der Waals surface area contributed by atoms with Crippen LogP contribution in [-0.4, -0.2) is 35.0 Å². The number of carbonyl (C=O) groups excluding carboxylic acids is 1. The molecule has 6 heteroatoms. The first-order chi connectivity index (χ1) is 8.63. The maximum atomic E-state index is 11.0. The number of aromatic nitrogens is 1. The normalized spacial score (nSPS) is 15.8. The molecular weight excluding hydrogens is 272 g/mol. The highest BCUT2D eigenvalue weighted by Crippen LogP contribution is 2.33. The average Bonchev–Trinajstić information content (AvgIpc) is 2.66. The van der Waals surface area contributed by atoms with E-state index in [4.69, 9.17) is 16.3 Å². The van der Waals surface area contributed by atoms with Crippen molar-refractivity contribution in [2.75, 3.05) is 13.1 Å². The van der Waals surface area contributed by atoms with Crippen molar-refractivity contribution in [3.63, 3.8) is 0 Å². The zero-order valence-corrected chi connectivity index (χ0v) is 11.3. The molecule has 2 heterocycles. The van der Waals surface area contributed by atoms with Gasteiger partial charge in [0.25, 0.3) is 5.19 Å². The van der Waals surface area contributed by atoms with Crippen molar-refractivity contribution in [2.24, 2.45) is 0 Å². The van der Waals surface area contributed by atoms with E-state index in [9.17, 15) is 4.79 Å². The van der Waals surface area contributed by atoms with E-state index in [0.29, 0.717) is 23.3 Å². The van der Waals surface area contributed by atoms with E-state index in [1.54, 1.807) is 11.8 Å². The summed E-state index contributed by atoms with van der Waals surface area (Å²) in [4.78, 5) is 17.2. The van der Waals surface area contributed by atoms with Gasteiger partial charge < -0.3 is 9.64 Å². The molecule has 0 saturated carbocycles. The minimum atomic E-state index is 0.0493. The summed E-state index contributed by atoms with van der Waals surface area (Å²) in [5.41, 5.74) is 0.780. The third-order valence-corrected chi connectivity index (χ3v) is 4.13. The number of rotatable bonds is 2. The van der Waals surface area contributed by atoms with Gasteiger partial charge in [0.05, 0.1) is 22.8 Å². The smallest absolute Gasteiger partial charge is 0.274 e. The number of thiazole rings is 1. The van der Waals surface area contributed by atoms with Gasteiger partial charge in [-0.05, 0) is 12.1 Å². The highest BCUT2D eigenvalue weighted by Gasteiger charge is 2.31. The molecule has 1 fully saturated rings. The first-order valence-corrected chi connectivity index (χ1v) is 6.80. The van der Waals surface area contributed by atoms with Crippen LogP contribution < -0.4 is 4.74 Å². The maximum Gasteiger partial charge on any atom is 0.274 e. The number of para-hydroxylation sites is 1. The molecule has 1 aliphatic heterocycles. The van der Waals surface area contributed by atoms with E-state index >= 15 is 0 Å². The molecule has 1 aliphatic rings. The van der Waals surface area contributed by atoms with Crippen molar-refractivity contribution >= 4 is 39.1 Å². The average molecular weight is 283 g/mol. The highest BCUT2D eigenvalue weighted by atomic mass is 35.5. The van der Waals surface area contributed by atoms with Crippen LogP contribution in [0.1, 0.15) is 6.92 Å². The minimum absolute atomic E-state index is 0.0493. The Balaban J connectivity index is 1.73. The molecule has 1 amide bonds. The molecule has 0 bridgehead atoms. The molecular formula is C12H11ClN2O2S. The van der Waals surface area contributed by atoms with Crippen molar-refractivity contribution in [3.05, 3.63) is 23.2 Å². The van der Waals surface area contributed by atoms with Crippen LogP contribution in [0.15, 0.2) is 18.2 Å². The fraction of sp³-hybridized carbons (Fsp3) is 0.333. The second-order valence-electron chi connectivity index (χ2n) is 4.23. The van der Waals surface area contributed by atoms with Crippen molar-refractivity contribution in [1.29, 1.82) is 0 Å². The van der Waals surface area contributed by atoms with Crippen LogP contribution >= 0.6 is 22.9 Å². The molecule has 1 saturated heterocycles. The monoisotopic (exact) mass is 282 g/mol. The lowest BCUT2D eigenvalue weighted by atomic mass is 10.2. The first kappa shape index (κ1) is 11.7. The highest BCUT2D eigenvalue weighted by molar-refractivity contribution is 7.20. The fourth-order valence-corrected chi connectivity index (χ4v) is 3.04. The lowest BCUT2D eigenvalue weighted by molar-refractivity contribution is -0.137. The topological polar surface area (TPSA) is 42.4 Å². The Bertz CT molecular complexity index is 607. The number of benzene rings is 1. The molecule has 0 spiro atoms. The Hall–Kier alpha value is -1.33. The number of carbonyl (C=O) groups is 1. The van der Waals surface area contributed by atoms with Crippen LogP contribution in [0.4, 0.5) is 0 Å². The SMILES string of the molecule is CC(=O)N1CC(Oc2nc3c(Cl)cccc3s2)C1. The van der Waals surface area contributed by atoms with E-state index in [1.807, 2.05) is 18.2 Å². The van der Waals surface area contributed by atoms with Gasteiger partial charge in [0.15, 0.2) is 0 Å². The summed E-state index contributed by atoms with van der Waals surface area (Å²) >= 11 is 7.53. The quantitative estimate of drug-likeness (QED) is 0.850. The molecule has 0 radical (unpaired) electrons. The van der Waals surface area contributed by atoms with Gasteiger partial charge in [0.2, 0.25) is 5.91 Å². The summed E-state index contributed by atoms with van der Waals surface area (Å²) in [6.07, 6.45) is 0.0493. The van der Waals surface area contributed by atoms with Gasteiger partial charge in [0.1, 0.15) is 11.6 Å². The summed E-state index contributed by atoms with van der Waals surface area (Å²) < 4.78 is 6.74. The predicted molar refractivity (Wildman–Crippen MR) is 71.3 cm³/mol. The molecule has 1 aromatic carbocycles. The lowest BCUT2D eigenvalue weighted by Gasteiger charge is -2.37. The van der Waals surface area contributed by atoms with Gasteiger partial charge >= 0.3 is 0 Å². The molecule has 1 aromatic heterocycles. The van der Waals surface area contributed by atoms with Crippen LogP contribution in [0, 0.1) is 0 Å². The summed E-state index contributed by atoms with van der Waals surface area (Å²) in [7, 11) is 0. The number of ether oxygens (including phenoxy) is 1. The van der Waals surface area contributed by atoms with Gasteiger partial charge in [0, 0.05) is 6.92 Å². The zero-order valence-electron chi connectivity index (χ0n) is 9.72. The predicted octanol–water partition coefficient (Wildman–Crippen LogP) is 2.56. The van der Waals surface area contributed by atoms with E-state index in [-0.39, 0.29) is 12.0 Å². The van der Waals surface area contributed by atoms with Crippen molar-refractivity contribution in [2.45, 2.75) is 13.0 Å². The van der Waals surface area contributed by atoms with Gasteiger partial charge in [-0.3, -0.25) is 4.79 Å². The number of nitrogens with zero attached hydrogens (tertiary/aromatic N) is 2. The van der Waals surface area contributed by atoms with E-state index in [1.165, 1.54) is 11.3 Å². The molecule has 3 rings (SSSR count). The minimum Gasteiger partial charge on any atom is -0.463 e. The van der Waals surface area contributed by atoms with Gasteiger partial charge in [-0.1, -0.05) is 29.0 Å². The number of hydrogen-bond acceptors (Lipinski definition) is 4. The Morgan fingerprint density at radius 3 is 3.00 bits per heavy atom. The third kappa shape index (κ3) is 2.04. The summed E-state index contributed by atoms with van der Waals surface area (Å²) in [6.45, 7) is 2.84. The van der Waals surface area contributed by atoms with E-state index < -0.39 is 0 Å². The zero-order chi connectivity index (χ0) is 12.7. The summed E-state index contributed by atoms with van der Waals surface area (Å²) in [5, 5.41) is 1.25. The van der Waals surface area contributed by atoms with Crippen LogP contribution in [0.3, 0.4) is 0 Å². The van der Waals surface area contributed by atoms with E-state index in [2.05, 4.69) is 4.98 Å². The van der Waals surface area contributed by atoms with Crippen molar-refractivity contribution < 1.29 is 9.53 Å². The fourth-order valence-electron chi connectivity index (χ4n) is 1.86. The van der Waals surface area contributed by atoms with Crippen LogP contribution in [0.2, 0.25) is 5.02 Å². The summed E-state index contributed by atoms with van der Waals surface area (Å²) in [6, 6.07) is 5.68. The molecule has 4 nitrogen and oxygen atoms in total. The number of amides is 1. The maximum absolute atomic E-state index is 11.0. The van der Waals surface area contributed by atoms with Crippen LogP contribution in [-0.2, 0) is 4.79 Å². The Kier molecular flexibility index (Phi) is 2.87. The molecule has 0 aliphatic carbocycles. The van der Waals surface area contributed by atoms with Crippen molar-refractivity contribution in [3.8, 4) is 5.19 Å². The second-order valence-corrected chi connectivity index (χ2v) is 5.63. The molecule has 0 unspecified atom stereocenters. The number of halogens is 1. The van der Waals surface area contributed by atoms with E-state index in [0.717, 1.165) is 10.2 Å². The summed E-state index contributed by atoms with van der Waals surface area (Å²) in [5.74, 6) is 0.0854. The molecule has 18 heavy (non-hydrogen) atoms. The van der Waals surface area contributed by atoms with Crippen LogP contribution in [0.25, 0.3) is 10.2 Å². The standard InChI is InChI=1S/C12H11ClN2O2S/c1-7(16)15-5-8(6-15)17-12-14-11-9(13)3-2-4-10(11)18-12/h2-4,8H,5-6H2,1H3. The molecule has 0 atom stereocenters. The van der Waals surface area contributed by atoms with Gasteiger partial charge in [-0.25, -0.2) is 4.98 Å². The number of fused-ring (bicyclic) bond motifs is 1.